The second-order valence-electron chi connectivity index (χ2n) is 4.67. The van der Waals surface area contributed by atoms with Gasteiger partial charge in [0.15, 0.2) is 0 Å². The molecule has 5 nitrogen and oxygen atoms in total. The maximum absolute atomic E-state index is 12.0. The number of carbonyl (C=O) groups excluding carboxylic acids is 1. The Morgan fingerprint density at radius 3 is 2.95 bits per heavy atom. The van der Waals surface area contributed by atoms with E-state index < -0.39 is 12.1 Å². The molecule has 0 aromatic heterocycles. The number of ether oxygens (including phenoxy) is 1. The normalized spacial score (nSPS) is 11.7. The highest BCUT2D eigenvalue weighted by Gasteiger charge is 2.13. The fraction of sp³-hybridized carbons (Fsp3) is 0.375. The minimum absolute atomic E-state index is 0.0603. The summed E-state index contributed by atoms with van der Waals surface area (Å²) in [6.45, 7) is 5.76. The molecule has 0 aliphatic heterocycles. The van der Waals surface area contributed by atoms with E-state index in [1.165, 1.54) is 11.8 Å². The number of carboxylic acids is 1. The predicted molar refractivity (Wildman–Crippen MR) is 89.1 cm³/mol. The third kappa shape index (κ3) is 7.28. The van der Waals surface area contributed by atoms with E-state index in [0.29, 0.717) is 24.5 Å². The van der Waals surface area contributed by atoms with E-state index in [1.54, 1.807) is 19.1 Å². The van der Waals surface area contributed by atoms with E-state index in [0.717, 1.165) is 5.56 Å². The Hall–Kier alpha value is -1.79. The lowest BCUT2D eigenvalue weighted by atomic mass is 10.2. The fourth-order valence-electron chi connectivity index (χ4n) is 1.64. The van der Waals surface area contributed by atoms with Crippen molar-refractivity contribution in [1.29, 1.82) is 0 Å². The van der Waals surface area contributed by atoms with Crippen LogP contribution in [-0.2, 0) is 20.1 Å². The highest BCUT2D eigenvalue weighted by molar-refractivity contribution is 7.99. The van der Waals surface area contributed by atoms with E-state index in [9.17, 15) is 9.59 Å². The molecule has 2 N–H and O–H groups in total. The average Bonchev–Trinajstić information content (AvgIpc) is 2.47. The molecular formula is C16H21NO4S. The molecule has 1 aromatic carbocycles. The van der Waals surface area contributed by atoms with Crippen LogP contribution in [0.2, 0.25) is 0 Å². The smallest absolute Gasteiger partial charge is 0.313 e. The molecule has 0 aliphatic carbocycles. The van der Waals surface area contributed by atoms with Crippen molar-refractivity contribution < 1.29 is 19.4 Å². The molecule has 0 spiro atoms. The Bertz CT molecular complexity index is 519. The third-order valence-corrected chi connectivity index (χ3v) is 3.74. The lowest BCUT2D eigenvalue weighted by Gasteiger charge is -2.13. The first kappa shape index (κ1) is 18.3. The van der Waals surface area contributed by atoms with Crippen LogP contribution in [-0.4, -0.2) is 35.4 Å². The quantitative estimate of drug-likeness (QED) is 0.511. The number of benzene rings is 1. The second-order valence-corrected chi connectivity index (χ2v) is 5.65. The maximum atomic E-state index is 12.0. The molecule has 0 saturated heterocycles. The molecule has 0 aliphatic rings. The van der Waals surface area contributed by atoms with Gasteiger partial charge in [0.2, 0.25) is 0 Å². The first-order chi connectivity index (χ1) is 10.5. The maximum Gasteiger partial charge on any atom is 0.313 e. The van der Waals surface area contributed by atoms with Gasteiger partial charge in [0.1, 0.15) is 6.10 Å². The van der Waals surface area contributed by atoms with Crippen LogP contribution in [0.25, 0.3) is 0 Å². The van der Waals surface area contributed by atoms with Gasteiger partial charge in [-0.15, -0.1) is 18.3 Å². The molecule has 0 bridgehead atoms. The topological polar surface area (TPSA) is 75.6 Å². The summed E-state index contributed by atoms with van der Waals surface area (Å²) in [6, 6.07) is 7.35. The zero-order valence-electron chi connectivity index (χ0n) is 12.6. The number of thioether (sulfide) groups is 1. The van der Waals surface area contributed by atoms with Gasteiger partial charge in [-0.25, -0.2) is 0 Å². The van der Waals surface area contributed by atoms with Gasteiger partial charge in [-0.3, -0.25) is 9.59 Å². The molecular weight excluding hydrogens is 302 g/mol. The summed E-state index contributed by atoms with van der Waals surface area (Å²) in [5.74, 6) is -0.397. The van der Waals surface area contributed by atoms with Crippen molar-refractivity contribution in [1.82, 2.24) is 0 Å². The van der Waals surface area contributed by atoms with E-state index in [-0.39, 0.29) is 11.7 Å². The van der Waals surface area contributed by atoms with Crippen molar-refractivity contribution in [2.24, 2.45) is 0 Å². The summed E-state index contributed by atoms with van der Waals surface area (Å²) in [5, 5.41) is 11.4. The number of carbonyl (C=O) groups is 2. The van der Waals surface area contributed by atoms with Crippen molar-refractivity contribution in [3.8, 4) is 0 Å². The summed E-state index contributed by atoms with van der Waals surface area (Å²) in [5.41, 5.74) is 1.64. The summed E-state index contributed by atoms with van der Waals surface area (Å²) < 4.78 is 5.39. The minimum Gasteiger partial charge on any atom is -0.481 e. The number of anilines is 1. The lowest BCUT2D eigenvalue weighted by molar-refractivity contribution is -0.134. The van der Waals surface area contributed by atoms with Gasteiger partial charge in [0.05, 0.1) is 12.4 Å². The summed E-state index contributed by atoms with van der Waals surface area (Å²) in [6.07, 6.45) is 1.90. The van der Waals surface area contributed by atoms with Crippen LogP contribution in [0, 0.1) is 0 Å². The van der Waals surface area contributed by atoms with Crippen LogP contribution >= 0.6 is 11.8 Å². The van der Waals surface area contributed by atoms with Crippen LogP contribution in [0.1, 0.15) is 18.9 Å². The number of carboxylic acid groups (broad SMARTS) is 1. The first-order valence-corrected chi connectivity index (χ1v) is 8.10. The predicted octanol–water partition coefficient (Wildman–Crippen LogP) is 2.92. The second kappa shape index (κ2) is 10.0. The largest absolute Gasteiger partial charge is 0.481 e. The summed E-state index contributed by atoms with van der Waals surface area (Å²) >= 11 is 1.32. The van der Waals surface area contributed by atoms with Crippen LogP contribution in [0.3, 0.4) is 0 Å². The molecule has 1 unspecified atom stereocenters. The number of aliphatic carboxylic acids is 1. The molecule has 6 heteroatoms. The Kier molecular flexibility index (Phi) is 8.32. The number of hydrogen-bond donors (Lipinski definition) is 2. The molecule has 1 aromatic rings. The number of nitrogens with one attached hydrogen (secondary N) is 1. The van der Waals surface area contributed by atoms with Crippen LogP contribution < -0.4 is 5.32 Å². The van der Waals surface area contributed by atoms with Crippen LogP contribution in [0.4, 0.5) is 5.69 Å². The van der Waals surface area contributed by atoms with Crippen molar-refractivity contribution in [3.63, 3.8) is 0 Å². The van der Waals surface area contributed by atoms with Crippen molar-refractivity contribution in [3.05, 3.63) is 42.5 Å². The van der Waals surface area contributed by atoms with Gasteiger partial charge < -0.3 is 15.2 Å². The lowest BCUT2D eigenvalue weighted by Crippen LogP contribution is -2.28. The monoisotopic (exact) mass is 323 g/mol. The van der Waals surface area contributed by atoms with Gasteiger partial charge in [0, 0.05) is 11.4 Å². The molecule has 0 heterocycles. The standard InChI is InChI=1S/C16H21NO4S/c1-3-4-8-21-12(2)16(20)17-14-7-5-6-13(9-14)10-22-11-15(18)19/h3,5-7,9,12H,1,4,8,10-11H2,2H3,(H,17,20)(H,18,19). The Morgan fingerprint density at radius 2 is 2.27 bits per heavy atom. The van der Waals surface area contributed by atoms with Crippen LogP contribution in [0.15, 0.2) is 36.9 Å². The molecule has 1 rings (SSSR count). The Labute approximate surface area is 134 Å². The summed E-state index contributed by atoms with van der Waals surface area (Å²) in [7, 11) is 0. The molecule has 120 valence electrons. The van der Waals surface area contributed by atoms with E-state index >= 15 is 0 Å². The number of hydrogen-bond acceptors (Lipinski definition) is 4. The minimum atomic E-state index is -0.833. The SMILES string of the molecule is C=CCCOC(C)C(=O)Nc1cccc(CSCC(=O)O)c1. The zero-order chi connectivity index (χ0) is 16.4. The fourth-order valence-corrected chi connectivity index (χ4v) is 2.33. The molecule has 22 heavy (non-hydrogen) atoms. The average molecular weight is 323 g/mol. The van der Waals surface area contributed by atoms with Crippen molar-refractivity contribution in [2.45, 2.75) is 25.2 Å². The van der Waals surface area contributed by atoms with Crippen LogP contribution in [0.5, 0.6) is 0 Å². The van der Waals surface area contributed by atoms with Gasteiger partial charge in [-0.1, -0.05) is 18.2 Å². The van der Waals surface area contributed by atoms with E-state index in [4.69, 9.17) is 9.84 Å². The van der Waals surface area contributed by atoms with E-state index in [2.05, 4.69) is 11.9 Å². The highest BCUT2D eigenvalue weighted by atomic mass is 32.2. The molecule has 0 fully saturated rings. The van der Waals surface area contributed by atoms with E-state index in [1.807, 2.05) is 18.2 Å². The molecule has 0 radical (unpaired) electrons. The molecule has 1 atom stereocenters. The van der Waals surface area contributed by atoms with Gasteiger partial charge in [-0.05, 0) is 31.0 Å². The van der Waals surface area contributed by atoms with Gasteiger partial charge in [0.25, 0.3) is 5.91 Å². The van der Waals surface area contributed by atoms with Crippen molar-refractivity contribution in [2.75, 3.05) is 17.7 Å². The van der Waals surface area contributed by atoms with Gasteiger partial charge >= 0.3 is 5.97 Å². The zero-order valence-corrected chi connectivity index (χ0v) is 13.4. The Morgan fingerprint density at radius 1 is 1.50 bits per heavy atom. The van der Waals surface area contributed by atoms with Gasteiger partial charge in [-0.2, -0.15) is 0 Å². The molecule has 0 saturated carbocycles. The number of amides is 1. The highest BCUT2D eigenvalue weighted by Crippen LogP contribution is 2.17. The van der Waals surface area contributed by atoms with Crippen molar-refractivity contribution >= 4 is 29.3 Å². The Balaban J connectivity index is 2.49. The first-order valence-electron chi connectivity index (χ1n) is 6.94. The number of rotatable bonds is 10. The molecule has 1 amide bonds. The third-order valence-electron chi connectivity index (χ3n) is 2.75. The summed E-state index contributed by atoms with van der Waals surface area (Å²) in [4.78, 5) is 22.5.